The quantitative estimate of drug-likeness (QED) is 0.558. The molecule has 1 rings (SSSR count). The number of carbonyl (C=O) groups excluding carboxylic acids is 1. The van der Waals surface area contributed by atoms with Gasteiger partial charge in [-0.15, -0.1) is 0 Å². The summed E-state index contributed by atoms with van der Waals surface area (Å²) in [7, 11) is 0. The van der Waals surface area contributed by atoms with E-state index in [0.717, 1.165) is 5.69 Å². The van der Waals surface area contributed by atoms with Gasteiger partial charge in [-0.3, -0.25) is 4.79 Å². The van der Waals surface area contributed by atoms with Gasteiger partial charge in [0, 0.05) is 0 Å². The second kappa shape index (κ2) is 7.38. The Bertz CT molecular complexity index is 338. The van der Waals surface area contributed by atoms with E-state index in [1.807, 2.05) is 30.3 Å². The summed E-state index contributed by atoms with van der Waals surface area (Å²) in [6.45, 7) is 0. The zero-order valence-corrected chi connectivity index (χ0v) is 8.50. The SMILES string of the molecule is O=C(O)C[C@@H](O)C(=O)[O-].[NH3+]c1ccccc1. The molecule has 0 aromatic heterocycles. The number of rotatable bonds is 3. The summed E-state index contributed by atoms with van der Waals surface area (Å²) >= 11 is 0. The average molecular weight is 227 g/mol. The summed E-state index contributed by atoms with van der Waals surface area (Å²) in [4.78, 5) is 19.3. The molecular weight excluding hydrogens is 214 g/mol. The number of aliphatic hydroxyl groups excluding tert-OH is 1. The van der Waals surface area contributed by atoms with Crippen LogP contribution < -0.4 is 10.8 Å². The highest BCUT2D eigenvalue weighted by molar-refractivity contribution is 5.77. The molecule has 0 aliphatic rings. The van der Waals surface area contributed by atoms with Crippen LogP contribution in [0.1, 0.15) is 6.42 Å². The zero-order chi connectivity index (χ0) is 12.6. The Morgan fingerprint density at radius 1 is 1.31 bits per heavy atom. The van der Waals surface area contributed by atoms with Crippen LogP contribution in [-0.2, 0) is 9.59 Å². The first-order valence-electron chi connectivity index (χ1n) is 4.41. The Hall–Kier alpha value is -1.92. The second-order valence-corrected chi connectivity index (χ2v) is 2.92. The van der Waals surface area contributed by atoms with Crippen molar-refractivity contribution in [3.05, 3.63) is 30.3 Å². The maximum atomic E-state index is 9.66. The smallest absolute Gasteiger partial charge is 0.306 e. The monoisotopic (exact) mass is 227 g/mol. The van der Waals surface area contributed by atoms with Gasteiger partial charge in [-0.1, -0.05) is 18.2 Å². The van der Waals surface area contributed by atoms with Crippen molar-refractivity contribution in [1.82, 2.24) is 0 Å². The molecule has 0 heterocycles. The summed E-state index contributed by atoms with van der Waals surface area (Å²) in [5.41, 5.74) is 4.79. The van der Waals surface area contributed by atoms with Crippen LogP contribution in [0, 0.1) is 0 Å². The number of aliphatic hydroxyl groups is 1. The van der Waals surface area contributed by atoms with Gasteiger partial charge in [0.25, 0.3) is 0 Å². The van der Waals surface area contributed by atoms with Crippen LogP contribution in [-0.4, -0.2) is 28.3 Å². The molecule has 0 aliphatic carbocycles. The molecule has 0 aliphatic heterocycles. The highest BCUT2D eigenvalue weighted by Gasteiger charge is 2.08. The summed E-state index contributed by atoms with van der Waals surface area (Å²) in [5, 5.41) is 25.7. The van der Waals surface area contributed by atoms with E-state index in [1.165, 1.54) is 0 Å². The number of carboxylic acid groups (broad SMARTS) is 2. The summed E-state index contributed by atoms with van der Waals surface area (Å²) in [6.07, 6.45) is -2.72. The topological polar surface area (TPSA) is 125 Å². The van der Waals surface area contributed by atoms with Crippen LogP contribution in [0.15, 0.2) is 30.3 Å². The fourth-order valence-corrected chi connectivity index (χ4v) is 0.727. The van der Waals surface area contributed by atoms with E-state index in [1.54, 1.807) is 0 Å². The summed E-state index contributed by atoms with van der Waals surface area (Å²) < 4.78 is 0. The van der Waals surface area contributed by atoms with Crippen molar-refractivity contribution in [2.75, 3.05) is 0 Å². The molecule has 1 atom stereocenters. The summed E-state index contributed by atoms with van der Waals surface area (Å²) in [5.74, 6) is -3.14. The Balaban J connectivity index is 0.000000288. The maximum absolute atomic E-state index is 9.66. The number of hydrogen-bond donors (Lipinski definition) is 3. The molecule has 0 fully saturated rings. The Morgan fingerprint density at radius 2 is 1.81 bits per heavy atom. The van der Waals surface area contributed by atoms with Crippen LogP contribution in [0.25, 0.3) is 0 Å². The third-order valence-corrected chi connectivity index (χ3v) is 1.48. The maximum Gasteiger partial charge on any atom is 0.306 e. The number of benzene rings is 1. The molecule has 0 saturated carbocycles. The lowest BCUT2D eigenvalue weighted by molar-refractivity contribution is -0.315. The minimum atomic E-state index is -1.90. The zero-order valence-electron chi connectivity index (χ0n) is 8.50. The molecule has 1 aromatic rings. The van der Waals surface area contributed by atoms with E-state index < -0.39 is 24.5 Å². The fraction of sp³-hybridized carbons (Fsp3) is 0.200. The van der Waals surface area contributed by atoms with Crippen LogP contribution in [0.3, 0.4) is 0 Å². The Labute approximate surface area is 91.9 Å². The van der Waals surface area contributed by atoms with Crippen LogP contribution >= 0.6 is 0 Å². The van der Waals surface area contributed by atoms with Crippen molar-refractivity contribution in [2.45, 2.75) is 12.5 Å². The lowest BCUT2D eigenvalue weighted by atomic mass is 10.3. The highest BCUT2D eigenvalue weighted by atomic mass is 16.4. The van der Waals surface area contributed by atoms with Gasteiger partial charge >= 0.3 is 5.97 Å². The van der Waals surface area contributed by atoms with Crippen molar-refractivity contribution in [3.8, 4) is 0 Å². The number of carboxylic acids is 2. The molecule has 88 valence electrons. The van der Waals surface area contributed by atoms with E-state index in [2.05, 4.69) is 5.73 Å². The molecule has 0 radical (unpaired) electrons. The molecule has 0 saturated heterocycles. The minimum Gasteiger partial charge on any atom is -0.547 e. The van der Waals surface area contributed by atoms with Gasteiger partial charge < -0.3 is 25.8 Å². The molecule has 16 heavy (non-hydrogen) atoms. The largest absolute Gasteiger partial charge is 0.547 e. The third kappa shape index (κ3) is 7.48. The molecular formula is C10H13NO5. The number of quaternary nitrogens is 1. The van der Waals surface area contributed by atoms with E-state index in [-0.39, 0.29) is 0 Å². The molecule has 1 aromatic carbocycles. The van der Waals surface area contributed by atoms with Crippen LogP contribution in [0.2, 0.25) is 0 Å². The Kier molecular flexibility index (Phi) is 6.50. The predicted octanol–water partition coefficient (Wildman–Crippen LogP) is -1.87. The van der Waals surface area contributed by atoms with Gasteiger partial charge in [-0.25, -0.2) is 0 Å². The van der Waals surface area contributed by atoms with Crippen molar-refractivity contribution in [3.63, 3.8) is 0 Å². The van der Waals surface area contributed by atoms with E-state index in [0.29, 0.717) is 0 Å². The first-order chi connectivity index (χ1) is 7.43. The molecule has 0 bridgehead atoms. The molecule has 0 unspecified atom stereocenters. The normalized spacial score (nSPS) is 10.9. The Morgan fingerprint density at radius 3 is 2.00 bits per heavy atom. The van der Waals surface area contributed by atoms with Gasteiger partial charge in [0.05, 0.1) is 12.4 Å². The second-order valence-electron chi connectivity index (χ2n) is 2.92. The van der Waals surface area contributed by atoms with Crippen molar-refractivity contribution < 1.29 is 30.6 Å². The number of carbonyl (C=O) groups is 2. The summed E-state index contributed by atoms with van der Waals surface area (Å²) in [6, 6.07) is 9.87. The first-order valence-corrected chi connectivity index (χ1v) is 4.41. The van der Waals surface area contributed by atoms with Gasteiger partial charge in [0.2, 0.25) is 0 Å². The molecule has 6 heteroatoms. The van der Waals surface area contributed by atoms with E-state index in [4.69, 9.17) is 10.2 Å². The first kappa shape index (κ1) is 14.1. The van der Waals surface area contributed by atoms with Gasteiger partial charge in [-0.05, 0) is 12.1 Å². The van der Waals surface area contributed by atoms with Crippen molar-refractivity contribution in [1.29, 1.82) is 0 Å². The minimum absolute atomic E-state index is 0.817. The van der Waals surface area contributed by atoms with Crippen molar-refractivity contribution >= 4 is 17.6 Å². The van der Waals surface area contributed by atoms with Crippen LogP contribution in [0.4, 0.5) is 5.69 Å². The lowest BCUT2D eigenvalue weighted by Crippen LogP contribution is -2.39. The highest BCUT2D eigenvalue weighted by Crippen LogP contribution is 1.93. The molecule has 6 nitrogen and oxygen atoms in total. The van der Waals surface area contributed by atoms with Crippen LogP contribution in [0.5, 0.6) is 0 Å². The number of hydrogen-bond acceptors (Lipinski definition) is 4. The standard InChI is InChI=1S/C6H7N.C4H6O5/c7-6-4-2-1-3-5-6;5-2(4(8)9)1-3(6)7/h1-5H,7H2;2,5H,1H2,(H,6,7)(H,8,9)/t;2-/m.1/s1. The number of aliphatic carboxylic acids is 2. The van der Waals surface area contributed by atoms with Gasteiger partial charge in [-0.2, -0.15) is 0 Å². The van der Waals surface area contributed by atoms with E-state index >= 15 is 0 Å². The fourth-order valence-electron chi connectivity index (χ4n) is 0.727. The lowest BCUT2D eigenvalue weighted by Gasteiger charge is -2.06. The predicted molar refractivity (Wildman–Crippen MR) is 52.3 cm³/mol. The molecule has 0 amide bonds. The molecule has 5 N–H and O–H groups in total. The van der Waals surface area contributed by atoms with Gasteiger partial charge in [0.1, 0.15) is 11.8 Å². The van der Waals surface area contributed by atoms with E-state index in [9.17, 15) is 14.7 Å². The van der Waals surface area contributed by atoms with Crippen molar-refractivity contribution in [2.24, 2.45) is 0 Å². The van der Waals surface area contributed by atoms with Gasteiger partial charge in [0.15, 0.2) is 0 Å². The molecule has 0 spiro atoms. The average Bonchev–Trinajstić information content (AvgIpc) is 2.18. The third-order valence-electron chi connectivity index (χ3n) is 1.48.